The first-order valence-electron chi connectivity index (χ1n) is 4.12. The predicted octanol–water partition coefficient (Wildman–Crippen LogP) is -0.517. The van der Waals surface area contributed by atoms with E-state index >= 15 is 0 Å². The normalized spacial score (nSPS) is 10.5. The molecule has 0 amide bonds. The van der Waals surface area contributed by atoms with Crippen LogP contribution in [0.2, 0.25) is 0 Å². The van der Waals surface area contributed by atoms with Gasteiger partial charge in [-0.25, -0.2) is 9.42 Å². The van der Waals surface area contributed by atoms with Gasteiger partial charge in [-0.15, -0.1) is 0 Å². The summed E-state index contributed by atoms with van der Waals surface area (Å²) < 4.78 is 8.96. The summed E-state index contributed by atoms with van der Waals surface area (Å²) in [4.78, 5) is 28.5. The molecular weight excluding hydrogens is 204 g/mol. The molecule has 0 aliphatic carbocycles. The number of nitrogens with zero attached hydrogens (tertiary/aromatic N) is 3. The van der Waals surface area contributed by atoms with E-state index in [4.69, 9.17) is 0 Å². The van der Waals surface area contributed by atoms with Crippen LogP contribution in [0.3, 0.4) is 0 Å². The van der Waals surface area contributed by atoms with Crippen molar-refractivity contribution < 1.29 is 14.2 Å². The van der Waals surface area contributed by atoms with Gasteiger partial charge in [0.15, 0.2) is 0 Å². The second kappa shape index (κ2) is 3.48. The number of aromatic amines is 1. The average Bonchev–Trinajstić information content (AvgIpc) is 2.66. The lowest BCUT2D eigenvalue weighted by molar-refractivity contribution is 0.0512. The van der Waals surface area contributed by atoms with E-state index < -0.39 is 11.5 Å². The van der Waals surface area contributed by atoms with Gasteiger partial charge in [-0.1, -0.05) is 0 Å². The van der Waals surface area contributed by atoms with E-state index in [9.17, 15) is 9.59 Å². The Kier molecular flexibility index (Phi) is 2.16. The molecule has 15 heavy (non-hydrogen) atoms. The van der Waals surface area contributed by atoms with Crippen molar-refractivity contribution in [3.05, 3.63) is 16.2 Å². The van der Waals surface area contributed by atoms with Crippen LogP contribution in [0.25, 0.3) is 11.2 Å². The van der Waals surface area contributed by atoms with Crippen LogP contribution in [-0.2, 0) is 4.74 Å². The quantitative estimate of drug-likeness (QED) is 0.664. The van der Waals surface area contributed by atoms with E-state index in [0.717, 1.165) is 0 Å². The molecule has 2 heterocycles. The van der Waals surface area contributed by atoms with Crippen molar-refractivity contribution in [2.75, 3.05) is 6.61 Å². The first kappa shape index (κ1) is 9.31. The number of carbonyl (C=O) groups is 1. The Hall–Kier alpha value is -2.25. The van der Waals surface area contributed by atoms with Crippen molar-refractivity contribution in [2.45, 2.75) is 6.92 Å². The molecule has 0 bridgehead atoms. The number of fused-ring (bicyclic) bond motifs is 1. The highest BCUT2D eigenvalue weighted by atomic mass is 16.6. The van der Waals surface area contributed by atoms with Gasteiger partial charge in [0.25, 0.3) is 5.56 Å². The summed E-state index contributed by atoms with van der Waals surface area (Å²) in [6, 6.07) is 0. The van der Waals surface area contributed by atoms with Crippen LogP contribution < -0.4 is 5.56 Å². The van der Waals surface area contributed by atoms with Gasteiger partial charge in [0.05, 0.1) is 6.61 Å². The first-order chi connectivity index (χ1) is 7.22. The minimum absolute atomic E-state index is 0.0261. The minimum atomic E-state index is -0.723. The Morgan fingerprint density at radius 2 is 2.33 bits per heavy atom. The van der Waals surface area contributed by atoms with Gasteiger partial charge in [0.2, 0.25) is 17.0 Å². The third-order valence-electron chi connectivity index (χ3n) is 1.60. The molecule has 0 radical (unpaired) electrons. The Balaban J connectivity index is 2.54. The molecule has 78 valence electrons. The largest absolute Gasteiger partial charge is 0.460 e. The molecule has 2 aromatic rings. The SMILES string of the molecule is CCOC(=O)c1nc2nonc2c(=O)[nH]1. The molecule has 2 rings (SSSR count). The molecule has 2 aromatic heterocycles. The van der Waals surface area contributed by atoms with Gasteiger partial charge in [-0.05, 0) is 17.2 Å². The summed E-state index contributed by atoms with van der Waals surface area (Å²) in [5, 5.41) is 6.68. The molecule has 8 heteroatoms. The number of carbonyl (C=O) groups excluding carboxylic acids is 1. The fourth-order valence-electron chi connectivity index (χ4n) is 0.997. The third-order valence-corrected chi connectivity index (χ3v) is 1.60. The molecule has 0 fully saturated rings. The smallest absolute Gasteiger partial charge is 0.374 e. The highest BCUT2D eigenvalue weighted by Gasteiger charge is 2.14. The summed E-state index contributed by atoms with van der Waals surface area (Å²) in [7, 11) is 0. The molecule has 1 N–H and O–H groups in total. The van der Waals surface area contributed by atoms with Gasteiger partial charge in [-0.2, -0.15) is 4.98 Å². The number of nitrogens with one attached hydrogen (secondary N) is 1. The van der Waals surface area contributed by atoms with Crippen molar-refractivity contribution in [3.63, 3.8) is 0 Å². The number of esters is 1. The summed E-state index contributed by atoms with van der Waals surface area (Å²) >= 11 is 0. The molecule has 0 spiro atoms. The minimum Gasteiger partial charge on any atom is -0.460 e. The lowest BCUT2D eigenvalue weighted by Crippen LogP contribution is -2.17. The average molecular weight is 210 g/mol. The van der Waals surface area contributed by atoms with E-state index in [-0.39, 0.29) is 23.6 Å². The molecule has 0 aliphatic heterocycles. The van der Waals surface area contributed by atoms with Crippen molar-refractivity contribution in [1.29, 1.82) is 0 Å². The fourth-order valence-corrected chi connectivity index (χ4v) is 0.997. The van der Waals surface area contributed by atoms with Crippen LogP contribution in [-0.4, -0.2) is 32.9 Å². The zero-order valence-corrected chi connectivity index (χ0v) is 7.68. The molecule has 0 saturated heterocycles. The van der Waals surface area contributed by atoms with Gasteiger partial charge >= 0.3 is 5.97 Å². The number of hydrogen-bond donors (Lipinski definition) is 1. The zero-order valence-electron chi connectivity index (χ0n) is 7.68. The van der Waals surface area contributed by atoms with Crippen molar-refractivity contribution in [1.82, 2.24) is 20.3 Å². The lowest BCUT2D eigenvalue weighted by Gasteiger charge is -1.98. The molecule has 0 unspecified atom stereocenters. The standard InChI is InChI=1S/C7H6N4O4/c1-2-14-7(13)5-8-4-3(6(12)9-5)10-15-11-4/h2H2,1H3,(H,8,9,11,12). The maximum absolute atomic E-state index is 11.3. The van der Waals surface area contributed by atoms with Crippen LogP contribution in [0.5, 0.6) is 0 Å². The highest BCUT2D eigenvalue weighted by molar-refractivity contribution is 5.86. The Morgan fingerprint density at radius 1 is 1.53 bits per heavy atom. The van der Waals surface area contributed by atoms with Gasteiger partial charge in [0.1, 0.15) is 0 Å². The van der Waals surface area contributed by atoms with E-state index in [2.05, 4.69) is 29.6 Å². The van der Waals surface area contributed by atoms with E-state index in [1.807, 2.05) is 0 Å². The fraction of sp³-hybridized carbons (Fsp3) is 0.286. The first-order valence-corrected chi connectivity index (χ1v) is 4.12. The number of H-pyrrole nitrogens is 1. The third kappa shape index (κ3) is 1.56. The maximum atomic E-state index is 11.3. The van der Waals surface area contributed by atoms with Crippen molar-refractivity contribution in [2.24, 2.45) is 0 Å². The van der Waals surface area contributed by atoms with E-state index in [0.29, 0.717) is 0 Å². The molecule has 8 nitrogen and oxygen atoms in total. The number of hydrogen-bond acceptors (Lipinski definition) is 7. The predicted molar refractivity (Wildman–Crippen MR) is 46.2 cm³/mol. The maximum Gasteiger partial charge on any atom is 0.374 e. The number of rotatable bonds is 2. The second-order valence-corrected chi connectivity index (χ2v) is 2.57. The summed E-state index contributed by atoms with van der Waals surface area (Å²) in [5.41, 5.74) is -0.672. The Morgan fingerprint density at radius 3 is 3.07 bits per heavy atom. The zero-order chi connectivity index (χ0) is 10.8. The molecule has 0 saturated carbocycles. The molecular formula is C7H6N4O4. The van der Waals surface area contributed by atoms with E-state index in [1.165, 1.54) is 0 Å². The second-order valence-electron chi connectivity index (χ2n) is 2.57. The lowest BCUT2D eigenvalue weighted by atomic mass is 10.5. The Labute approximate surface area is 82.2 Å². The molecule has 0 aromatic carbocycles. The van der Waals surface area contributed by atoms with Crippen LogP contribution in [0, 0.1) is 0 Å². The van der Waals surface area contributed by atoms with Crippen molar-refractivity contribution in [3.8, 4) is 0 Å². The molecule has 0 atom stereocenters. The summed E-state index contributed by atoms with van der Waals surface area (Å²) in [6.45, 7) is 1.84. The van der Waals surface area contributed by atoms with Gasteiger partial charge in [-0.3, -0.25) is 9.78 Å². The number of ether oxygens (including phenoxy) is 1. The topological polar surface area (TPSA) is 111 Å². The Bertz CT molecular complexity index is 557. The van der Waals surface area contributed by atoms with Crippen molar-refractivity contribution >= 4 is 17.1 Å². The summed E-state index contributed by atoms with van der Waals surface area (Å²) in [5.74, 6) is -0.940. The van der Waals surface area contributed by atoms with Crippen LogP contribution in [0.4, 0.5) is 0 Å². The van der Waals surface area contributed by atoms with Gasteiger partial charge in [0, 0.05) is 0 Å². The summed E-state index contributed by atoms with van der Waals surface area (Å²) in [6.07, 6.45) is 0. The van der Waals surface area contributed by atoms with E-state index in [1.54, 1.807) is 6.92 Å². The van der Waals surface area contributed by atoms with Crippen LogP contribution in [0.1, 0.15) is 17.5 Å². The van der Waals surface area contributed by atoms with Crippen LogP contribution >= 0.6 is 0 Å². The number of aromatic nitrogens is 4. The highest BCUT2D eigenvalue weighted by Crippen LogP contribution is 2.00. The van der Waals surface area contributed by atoms with Gasteiger partial charge < -0.3 is 4.74 Å². The van der Waals surface area contributed by atoms with Crippen LogP contribution in [0.15, 0.2) is 9.42 Å². The monoisotopic (exact) mass is 210 g/mol. The molecule has 0 aliphatic rings.